The van der Waals surface area contributed by atoms with E-state index in [1.165, 1.54) is 6.42 Å². The molecule has 3 heterocycles. The highest BCUT2D eigenvalue weighted by Crippen LogP contribution is 2.17. The first-order valence-corrected chi connectivity index (χ1v) is 7.40. The number of hydrogen-bond donors (Lipinski definition) is 1. The van der Waals surface area contributed by atoms with Crippen LogP contribution in [0.3, 0.4) is 0 Å². The van der Waals surface area contributed by atoms with Crippen molar-refractivity contribution in [2.24, 2.45) is 7.05 Å². The van der Waals surface area contributed by atoms with Crippen LogP contribution >= 0.6 is 0 Å². The first-order chi connectivity index (χ1) is 10.2. The second kappa shape index (κ2) is 5.73. The number of amides is 1. The maximum absolute atomic E-state index is 12.6. The third kappa shape index (κ3) is 2.71. The van der Waals surface area contributed by atoms with Crippen molar-refractivity contribution in [2.45, 2.75) is 32.2 Å². The van der Waals surface area contributed by atoms with Gasteiger partial charge in [0.15, 0.2) is 0 Å². The third-order valence-electron chi connectivity index (χ3n) is 4.05. The number of aryl methyl sites for hydroxylation is 1. The van der Waals surface area contributed by atoms with Crippen LogP contribution in [0.1, 0.15) is 36.5 Å². The minimum atomic E-state index is -0.0967. The number of nitrogens with zero attached hydrogens (tertiary/aromatic N) is 4. The number of hydrogen-bond acceptors (Lipinski definition) is 3. The van der Waals surface area contributed by atoms with E-state index in [4.69, 9.17) is 0 Å². The summed E-state index contributed by atoms with van der Waals surface area (Å²) in [7, 11) is 1.84. The summed E-state index contributed by atoms with van der Waals surface area (Å²) < 4.78 is 3.62. The Morgan fingerprint density at radius 1 is 1.33 bits per heavy atom. The largest absolute Gasteiger partial charge is 0.308 e. The number of piperidine rings is 1. The van der Waals surface area contributed by atoms with Crippen LogP contribution in [-0.2, 0) is 7.05 Å². The quantitative estimate of drug-likeness (QED) is 0.935. The number of nitrogens with one attached hydrogen (secondary N) is 1. The fourth-order valence-electron chi connectivity index (χ4n) is 2.83. The van der Waals surface area contributed by atoms with E-state index >= 15 is 0 Å². The summed E-state index contributed by atoms with van der Waals surface area (Å²) in [6.45, 7) is 3.06. The van der Waals surface area contributed by atoms with Crippen molar-refractivity contribution in [1.29, 1.82) is 0 Å². The van der Waals surface area contributed by atoms with Gasteiger partial charge in [-0.15, -0.1) is 0 Å². The Balaban J connectivity index is 1.82. The van der Waals surface area contributed by atoms with Crippen LogP contribution in [-0.4, -0.2) is 37.9 Å². The standard InChI is InChI=1S/C15H21N5O/c1-12-7-3-4-10-20(12)17-14(21)13-11-16-18(2)15(13)19-8-5-6-9-19/h5-6,8-9,11-12H,3-4,7,10H2,1-2H3,(H,17,21). The fraction of sp³-hybridized carbons (Fsp3) is 0.467. The zero-order chi connectivity index (χ0) is 14.8. The second-order valence-electron chi connectivity index (χ2n) is 5.57. The number of carbonyl (C=O) groups is 1. The lowest BCUT2D eigenvalue weighted by Gasteiger charge is -2.33. The van der Waals surface area contributed by atoms with Crippen molar-refractivity contribution in [3.05, 3.63) is 36.3 Å². The fourth-order valence-corrected chi connectivity index (χ4v) is 2.83. The molecule has 21 heavy (non-hydrogen) atoms. The molecule has 1 aliphatic rings. The van der Waals surface area contributed by atoms with Crippen molar-refractivity contribution in [3.8, 4) is 5.82 Å². The molecular formula is C15H21N5O. The van der Waals surface area contributed by atoms with E-state index in [0.29, 0.717) is 11.6 Å². The van der Waals surface area contributed by atoms with Gasteiger partial charge in [-0.1, -0.05) is 6.42 Å². The minimum absolute atomic E-state index is 0.0967. The third-order valence-corrected chi connectivity index (χ3v) is 4.05. The van der Waals surface area contributed by atoms with Gasteiger partial charge in [0, 0.05) is 32.0 Å². The second-order valence-corrected chi connectivity index (χ2v) is 5.57. The minimum Gasteiger partial charge on any atom is -0.308 e. The Hall–Kier alpha value is -2.08. The molecule has 3 rings (SSSR count). The van der Waals surface area contributed by atoms with E-state index in [1.54, 1.807) is 10.9 Å². The molecule has 1 unspecified atom stereocenters. The molecule has 1 fully saturated rings. The molecule has 1 amide bonds. The van der Waals surface area contributed by atoms with Crippen molar-refractivity contribution >= 4 is 5.91 Å². The monoisotopic (exact) mass is 287 g/mol. The molecule has 2 aromatic rings. The van der Waals surface area contributed by atoms with Crippen molar-refractivity contribution in [3.63, 3.8) is 0 Å². The Kier molecular flexibility index (Phi) is 3.79. The van der Waals surface area contributed by atoms with Gasteiger partial charge < -0.3 is 4.57 Å². The zero-order valence-corrected chi connectivity index (χ0v) is 12.5. The SMILES string of the molecule is CC1CCCCN1NC(=O)c1cnn(C)c1-n1cccc1. The van der Waals surface area contributed by atoms with Gasteiger partial charge in [0.25, 0.3) is 5.91 Å². The molecule has 2 aromatic heterocycles. The summed E-state index contributed by atoms with van der Waals surface area (Å²) in [4.78, 5) is 12.6. The Morgan fingerprint density at radius 2 is 2.10 bits per heavy atom. The van der Waals surface area contributed by atoms with Crippen molar-refractivity contribution in [2.75, 3.05) is 6.54 Å². The van der Waals surface area contributed by atoms with Gasteiger partial charge >= 0.3 is 0 Å². The Bertz CT molecular complexity index is 616. The highest BCUT2D eigenvalue weighted by molar-refractivity contribution is 5.96. The van der Waals surface area contributed by atoms with E-state index in [0.717, 1.165) is 25.2 Å². The summed E-state index contributed by atoms with van der Waals surface area (Å²) >= 11 is 0. The summed E-state index contributed by atoms with van der Waals surface area (Å²) in [5.41, 5.74) is 3.62. The average Bonchev–Trinajstić information content (AvgIpc) is 3.10. The number of aromatic nitrogens is 3. The maximum Gasteiger partial charge on any atom is 0.270 e. The smallest absolute Gasteiger partial charge is 0.270 e. The summed E-state index contributed by atoms with van der Waals surface area (Å²) in [6.07, 6.45) is 8.93. The average molecular weight is 287 g/mol. The van der Waals surface area contributed by atoms with Crippen LogP contribution in [0.5, 0.6) is 0 Å². The highest BCUT2D eigenvalue weighted by Gasteiger charge is 2.23. The predicted molar refractivity (Wildman–Crippen MR) is 80.0 cm³/mol. The molecule has 112 valence electrons. The lowest BCUT2D eigenvalue weighted by molar-refractivity contribution is 0.0612. The number of carbonyl (C=O) groups excluding carboxylic acids is 1. The van der Waals surface area contributed by atoms with Crippen LogP contribution in [0.15, 0.2) is 30.7 Å². The summed E-state index contributed by atoms with van der Waals surface area (Å²) in [5.74, 6) is 0.683. The first-order valence-electron chi connectivity index (χ1n) is 7.40. The molecule has 0 aromatic carbocycles. The molecular weight excluding hydrogens is 266 g/mol. The van der Waals surface area contributed by atoms with Crippen LogP contribution < -0.4 is 5.43 Å². The van der Waals surface area contributed by atoms with Gasteiger partial charge in [0.2, 0.25) is 0 Å². The highest BCUT2D eigenvalue weighted by atomic mass is 16.2. The van der Waals surface area contributed by atoms with E-state index in [2.05, 4.69) is 17.4 Å². The van der Waals surface area contributed by atoms with Gasteiger partial charge in [-0.05, 0) is 31.9 Å². The number of hydrazine groups is 1. The van der Waals surface area contributed by atoms with E-state index in [1.807, 2.05) is 41.2 Å². The molecule has 0 aliphatic carbocycles. The molecule has 1 N–H and O–H groups in total. The lowest BCUT2D eigenvalue weighted by atomic mass is 10.1. The number of rotatable bonds is 3. The molecule has 1 saturated heterocycles. The molecule has 1 atom stereocenters. The Labute approximate surface area is 124 Å². The van der Waals surface area contributed by atoms with Crippen molar-refractivity contribution in [1.82, 2.24) is 24.8 Å². The molecule has 0 bridgehead atoms. The van der Waals surface area contributed by atoms with Crippen LogP contribution in [0.4, 0.5) is 0 Å². The zero-order valence-electron chi connectivity index (χ0n) is 12.5. The van der Waals surface area contributed by atoms with E-state index < -0.39 is 0 Å². The molecule has 6 nitrogen and oxygen atoms in total. The van der Waals surface area contributed by atoms with E-state index in [-0.39, 0.29) is 5.91 Å². The normalized spacial score (nSPS) is 19.6. The van der Waals surface area contributed by atoms with Gasteiger partial charge in [-0.3, -0.25) is 14.9 Å². The molecule has 0 radical (unpaired) electrons. The molecule has 0 spiro atoms. The topological polar surface area (TPSA) is 55.1 Å². The molecule has 6 heteroatoms. The van der Waals surface area contributed by atoms with E-state index in [9.17, 15) is 4.79 Å². The van der Waals surface area contributed by atoms with Crippen molar-refractivity contribution < 1.29 is 4.79 Å². The van der Waals surface area contributed by atoms with Crippen LogP contribution in [0.2, 0.25) is 0 Å². The lowest BCUT2D eigenvalue weighted by Crippen LogP contribution is -2.49. The van der Waals surface area contributed by atoms with Gasteiger partial charge in [0.1, 0.15) is 11.4 Å². The predicted octanol–water partition coefficient (Wildman–Crippen LogP) is 1.73. The molecule has 1 aliphatic heterocycles. The van der Waals surface area contributed by atoms with Crippen LogP contribution in [0.25, 0.3) is 5.82 Å². The van der Waals surface area contributed by atoms with Gasteiger partial charge in [-0.2, -0.15) is 5.10 Å². The summed E-state index contributed by atoms with van der Waals surface area (Å²) in [5, 5.41) is 6.26. The van der Waals surface area contributed by atoms with Gasteiger partial charge in [0.05, 0.1) is 6.20 Å². The maximum atomic E-state index is 12.6. The summed E-state index contributed by atoms with van der Waals surface area (Å²) in [6, 6.07) is 4.25. The van der Waals surface area contributed by atoms with Crippen LogP contribution in [0, 0.1) is 0 Å². The first kappa shape index (κ1) is 13.9. The molecule has 0 saturated carbocycles. The van der Waals surface area contributed by atoms with Gasteiger partial charge in [-0.25, -0.2) is 5.01 Å². The Morgan fingerprint density at radius 3 is 2.81 bits per heavy atom.